The van der Waals surface area contributed by atoms with Crippen LogP contribution in [-0.2, 0) is 0 Å². The van der Waals surface area contributed by atoms with Crippen LogP contribution in [0.5, 0.6) is 0 Å². The van der Waals surface area contributed by atoms with Crippen molar-refractivity contribution in [3.8, 4) is 0 Å². The Morgan fingerprint density at radius 1 is 0.938 bits per heavy atom. The van der Waals surface area contributed by atoms with E-state index in [1.165, 1.54) is 0 Å². The first-order valence-electron chi connectivity index (χ1n) is 5.67. The molecule has 4 nitrogen and oxygen atoms in total. The highest BCUT2D eigenvalue weighted by Gasteiger charge is 2.20. The second-order valence-corrected chi connectivity index (χ2v) is 5.54. The van der Waals surface area contributed by atoms with Crippen LogP contribution in [0.15, 0.2) is 0 Å². The first-order chi connectivity index (χ1) is 7.16. The molecule has 0 saturated heterocycles. The van der Waals surface area contributed by atoms with E-state index < -0.39 is 6.10 Å². The zero-order valence-electron chi connectivity index (χ0n) is 11.2. The number of hydrogen-bond donors (Lipinski definition) is 4. The van der Waals surface area contributed by atoms with E-state index in [-0.39, 0.29) is 30.7 Å². The third-order valence-electron chi connectivity index (χ3n) is 2.79. The molecule has 100 valence electrons. The minimum Gasteiger partial charge on any atom is -0.396 e. The molecule has 4 N–H and O–H groups in total. The Bertz CT molecular complexity index is 151. The smallest absolute Gasteiger partial charge is 0.0819 e. The summed E-state index contributed by atoms with van der Waals surface area (Å²) in [4.78, 5) is 0. The lowest BCUT2D eigenvalue weighted by Gasteiger charge is -2.23. The molecule has 1 unspecified atom stereocenters. The number of rotatable bonds is 4. The lowest BCUT2D eigenvalue weighted by Crippen LogP contribution is -2.29. The molecule has 0 bridgehead atoms. The van der Waals surface area contributed by atoms with Crippen LogP contribution in [0.4, 0.5) is 0 Å². The highest BCUT2D eigenvalue weighted by molar-refractivity contribution is 4.70. The van der Waals surface area contributed by atoms with Gasteiger partial charge in [-0.05, 0) is 11.8 Å². The van der Waals surface area contributed by atoms with Gasteiger partial charge in [-0.15, -0.1) is 0 Å². The largest absolute Gasteiger partial charge is 0.396 e. The van der Waals surface area contributed by atoms with Crippen molar-refractivity contribution >= 4 is 0 Å². The van der Waals surface area contributed by atoms with Crippen LogP contribution in [0.1, 0.15) is 41.0 Å². The van der Waals surface area contributed by atoms with Gasteiger partial charge in [-0.1, -0.05) is 34.6 Å². The maximum atomic E-state index is 8.94. The molecule has 4 heteroatoms. The van der Waals surface area contributed by atoms with Crippen LogP contribution in [0, 0.1) is 10.8 Å². The standard InChI is InChI=1S/2C6H14O2/c1-6(2,3)5(8)4-7;1-3-6(2,4-7)5-8/h5,7-8H,4H2,1-3H3;7-8H,3-5H2,1-2H3. The fourth-order valence-corrected chi connectivity index (χ4v) is 0.547. The predicted molar refractivity (Wildman–Crippen MR) is 65.1 cm³/mol. The lowest BCUT2D eigenvalue weighted by atomic mass is 9.90. The van der Waals surface area contributed by atoms with Gasteiger partial charge in [-0.2, -0.15) is 0 Å². The Balaban J connectivity index is 0. The molecule has 16 heavy (non-hydrogen) atoms. The van der Waals surface area contributed by atoms with Crippen LogP contribution in [0.2, 0.25) is 0 Å². The summed E-state index contributed by atoms with van der Waals surface area (Å²) in [6.45, 7) is 9.44. The predicted octanol–water partition coefficient (Wildman–Crippen LogP) is 0.773. The molecule has 0 aromatic heterocycles. The normalized spacial score (nSPS) is 14.1. The molecular weight excluding hydrogens is 208 g/mol. The van der Waals surface area contributed by atoms with E-state index in [2.05, 4.69) is 0 Å². The minimum atomic E-state index is -0.595. The Kier molecular flexibility index (Phi) is 9.12. The van der Waals surface area contributed by atoms with Crippen molar-refractivity contribution in [2.24, 2.45) is 10.8 Å². The van der Waals surface area contributed by atoms with Gasteiger partial charge in [0, 0.05) is 5.41 Å². The summed E-state index contributed by atoms with van der Waals surface area (Å²) in [6.07, 6.45) is 0.225. The topological polar surface area (TPSA) is 80.9 Å². The summed E-state index contributed by atoms with van der Waals surface area (Å²) in [5.74, 6) is 0. The molecule has 0 aromatic carbocycles. The van der Waals surface area contributed by atoms with Gasteiger partial charge in [0.05, 0.1) is 25.9 Å². The highest BCUT2D eigenvalue weighted by atomic mass is 16.3. The Labute approximate surface area is 98.9 Å². The van der Waals surface area contributed by atoms with Crippen LogP contribution >= 0.6 is 0 Å². The summed E-state index contributed by atoms with van der Waals surface area (Å²) in [7, 11) is 0. The SMILES string of the molecule is CC(C)(C)C(O)CO.CCC(C)(CO)CO. The van der Waals surface area contributed by atoms with Crippen molar-refractivity contribution in [3.05, 3.63) is 0 Å². The molecule has 1 atom stereocenters. The summed E-state index contributed by atoms with van der Waals surface area (Å²) in [6, 6.07) is 0. The Hall–Kier alpha value is -0.160. The van der Waals surface area contributed by atoms with Crippen LogP contribution in [0.25, 0.3) is 0 Å². The van der Waals surface area contributed by atoms with Gasteiger partial charge in [0.2, 0.25) is 0 Å². The Morgan fingerprint density at radius 2 is 1.31 bits per heavy atom. The second kappa shape index (κ2) is 8.01. The van der Waals surface area contributed by atoms with Crippen molar-refractivity contribution in [2.45, 2.75) is 47.1 Å². The van der Waals surface area contributed by atoms with Crippen molar-refractivity contribution in [2.75, 3.05) is 19.8 Å². The van der Waals surface area contributed by atoms with Crippen LogP contribution in [-0.4, -0.2) is 46.4 Å². The average Bonchev–Trinajstić information content (AvgIpc) is 2.26. The monoisotopic (exact) mass is 236 g/mol. The van der Waals surface area contributed by atoms with E-state index in [0.717, 1.165) is 6.42 Å². The zero-order valence-corrected chi connectivity index (χ0v) is 11.2. The molecule has 0 aromatic rings. The molecule has 0 saturated carbocycles. The van der Waals surface area contributed by atoms with E-state index >= 15 is 0 Å². The van der Waals surface area contributed by atoms with E-state index in [1.54, 1.807) is 0 Å². The summed E-state index contributed by atoms with van der Waals surface area (Å²) >= 11 is 0. The minimum absolute atomic E-state index is 0.0694. The van der Waals surface area contributed by atoms with Gasteiger partial charge in [0.15, 0.2) is 0 Å². The Morgan fingerprint density at radius 3 is 1.31 bits per heavy atom. The fraction of sp³-hybridized carbons (Fsp3) is 1.00. The van der Waals surface area contributed by atoms with Crippen LogP contribution < -0.4 is 0 Å². The molecule has 0 rings (SSSR count). The van der Waals surface area contributed by atoms with E-state index in [9.17, 15) is 0 Å². The molecule has 0 amide bonds. The van der Waals surface area contributed by atoms with Gasteiger partial charge in [0.1, 0.15) is 0 Å². The average molecular weight is 236 g/mol. The molecule has 0 radical (unpaired) electrons. The van der Waals surface area contributed by atoms with Crippen molar-refractivity contribution in [3.63, 3.8) is 0 Å². The van der Waals surface area contributed by atoms with Crippen molar-refractivity contribution in [1.29, 1.82) is 0 Å². The maximum absolute atomic E-state index is 8.94. The summed E-state index contributed by atoms with van der Waals surface area (Å²) in [5.41, 5.74) is -0.450. The fourth-order valence-electron chi connectivity index (χ4n) is 0.547. The first-order valence-corrected chi connectivity index (χ1v) is 5.67. The van der Waals surface area contributed by atoms with Gasteiger partial charge >= 0.3 is 0 Å². The summed E-state index contributed by atoms with van der Waals surface area (Å²) < 4.78 is 0. The van der Waals surface area contributed by atoms with Gasteiger partial charge in [-0.25, -0.2) is 0 Å². The highest BCUT2D eigenvalue weighted by Crippen LogP contribution is 2.18. The molecule has 0 fully saturated rings. The molecular formula is C12H28O4. The van der Waals surface area contributed by atoms with E-state index in [0.29, 0.717) is 0 Å². The number of hydrogen-bond acceptors (Lipinski definition) is 4. The quantitative estimate of drug-likeness (QED) is 0.581. The molecule has 0 heterocycles. The van der Waals surface area contributed by atoms with Crippen molar-refractivity contribution in [1.82, 2.24) is 0 Å². The molecule has 0 aliphatic carbocycles. The van der Waals surface area contributed by atoms with Gasteiger partial charge < -0.3 is 20.4 Å². The third-order valence-corrected chi connectivity index (χ3v) is 2.79. The number of aliphatic hydroxyl groups is 4. The van der Waals surface area contributed by atoms with Crippen molar-refractivity contribution < 1.29 is 20.4 Å². The first kappa shape index (κ1) is 18.2. The third kappa shape index (κ3) is 8.05. The zero-order chi connectivity index (χ0) is 13.4. The molecule has 0 aliphatic rings. The maximum Gasteiger partial charge on any atom is 0.0819 e. The van der Waals surface area contributed by atoms with Gasteiger partial charge in [0.25, 0.3) is 0 Å². The van der Waals surface area contributed by atoms with E-state index in [4.69, 9.17) is 20.4 Å². The molecule has 0 aliphatic heterocycles. The number of aliphatic hydroxyl groups excluding tert-OH is 4. The van der Waals surface area contributed by atoms with Crippen LogP contribution in [0.3, 0.4) is 0 Å². The molecule has 0 spiro atoms. The lowest BCUT2D eigenvalue weighted by molar-refractivity contribution is 0.0133. The van der Waals surface area contributed by atoms with E-state index in [1.807, 2.05) is 34.6 Å². The van der Waals surface area contributed by atoms with Gasteiger partial charge in [-0.3, -0.25) is 0 Å². The summed E-state index contributed by atoms with van der Waals surface area (Å²) in [5, 5.41) is 34.6. The second-order valence-electron chi connectivity index (χ2n) is 5.54.